The summed E-state index contributed by atoms with van der Waals surface area (Å²) in [6.45, 7) is 6.14. The van der Waals surface area contributed by atoms with E-state index >= 15 is 0 Å². The lowest BCUT2D eigenvalue weighted by Crippen LogP contribution is -2.27. The van der Waals surface area contributed by atoms with E-state index < -0.39 is 30.4 Å². The summed E-state index contributed by atoms with van der Waals surface area (Å²) in [5.41, 5.74) is 3.90. The molecule has 0 saturated heterocycles. The maximum Gasteiger partial charge on any atom is 0.305 e. The molecule has 3 rings (SSSR count). The number of halogens is 1. The SMILES string of the molecule is CCNC(=O)c1c(-c2ccccc2)c(-c2ccc(F)cc2)c(C=C[C@@H](O)C[C@@H](O)CC(=O)O)n1C(C)C. The van der Waals surface area contributed by atoms with Crippen LogP contribution in [0.15, 0.2) is 60.7 Å². The second-order valence-corrected chi connectivity index (χ2v) is 9.09. The van der Waals surface area contributed by atoms with E-state index in [1.54, 1.807) is 18.2 Å². The van der Waals surface area contributed by atoms with Crippen molar-refractivity contribution in [1.82, 2.24) is 9.88 Å². The molecule has 4 N–H and O–H groups in total. The first kappa shape index (κ1) is 27.8. The second-order valence-electron chi connectivity index (χ2n) is 9.09. The number of hydrogen-bond acceptors (Lipinski definition) is 4. The summed E-state index contributed by atoms with van der Waals surface area (Å²) in [5, 5.41) is 32.3. The molecule has 0 unspecified atom stereocenters. The molecule has 0 radical (unpaired) electrons. The summed E-state index contributed by atoms with van der Waals surface area (Å²) >= 11 is 0. The quantitative estimate of drug-likeness (QED) is 0.295. The number of rotatable bonds is 11. The Hall–Kier alpha value is -3.75. The molecule has 0 fully saturated rings. The van der Waals surface area contributed by atoms with Gasteiger partial charge in [-0.2, -0.15) is 0 Å². The standard InChI is InChI=1S/C29H33FN2O5/c1-4-31-29(37)28-27(19-8-6-5-7-9-19)26(20-10-12-21(30)13-11-20)24(32(28)18(2)3)15-14-22(33)16-23(34)17-25(35)36/h5-15,18,22-23,33-34H,4,16-17H2,1-3H3,(H,31,37)(H,35,36)/t22-,23-/m1/s1. The first-order valence-corrected chi connectivity index (χ1v) is 12.3. The van der Waals surface area contributed by atoms with Gasteiger partial charge in [0.1, 0.15) is 11.5 Å². The highest BCUT2D eigenvalue weighted by Crippen LogP contribution is 2.42. The van der Waals surface area contributed by atoms with E-state index in [4.69, 9.17) is 5.11 Å². The molecule has 2 aromatic carbocycles. The summed E-state index contributed by atoms with van der Waals surface area (Å²) < 4.78 is 15.7. The Morgan fingerprint density at radius 3 is 2.19 bits per heavy atom. The maximum absolute atomic E-state index is 13.9. The first-order valence-electron chi connectivity index (χ1n) is 12.3. The molecule has 1 amide bonds. The highest BCUT2D eigenvalue weighted by molar-refractivity contribution is 6.06. The molecule has 1 heterocycles. The van der Waals surface area contributed by atoms with E-state index in [1.165, 1.54) is 18.2 Å². The molecule has 0 spiro atoms. The van der Waals surface area contributed by atoms with Crippen molar-refractivity contribution in [2.45, 2.75) is 51.9 Å². The molecule has 0 aliphatic heterocycles. The van der Waals surface area contributed by atoms with Crippen LogP contribution in [-0.4, -0.2) is 50.5 Å². The number of carbonyl (C=O) groups is 2. The Balaban J connectivity index is 2.29. The molecule has 37 heavy (non-hydrogen) atoms. The van der Waals surface area contributed by atoms with Crippen molar-refractivity contribution in [3.05, 3.63) is 77.9 Å². The fraction of sp³-hybridized carbons (Fsp3) is 0.310. The zero-order valence-electron chi connectivity index (χ0n) is 21.2. The Labute approximate surface area is 215 Å². The number of aliphatic hydroxyl groups excluding tert-OH is 2. The molecule has 196 valence electrons. The number of carboxylic acid groups (broad SMARTS) is 1. The molecular formula is C29H33FN2O5. The van der Waals surface area contributed by atoms with Crippen molar-refractivity contribution >= 4 is 18.0 Å². The van der Waals surface area contributed by atoms with Crippen LogP contribution in [0.4, 0.5) is 4.39 Å². The van der Waals surface area contributed by atoms with Crippen molar-refractivity contribution < 1.29 is 29.3 Å². The minimum Gasteiger partial charge on any atom is -0.481 e. The second kappa shape index (κ2) is 12.5. The number of aliphatic carboxylic acids is 1. The van der Waals surface area contributed by atoms with Crippen LogP contribution >= 0.6 is 0 Å². The van der Waals surface area contributed by atoms with Gasteiger partial charge in [-0.05, 0) is 50.1 Å². The number of hydrogen-bond donors (Lipinski definition) is 4. The Morgan fingerprint density at radius 2 is 1.62 bits per heavy atom. The van der Waals surface area contributed by atoms with Gasteiger partial charge in [0, 0.05) is 35.8 Å². The number of nitrogens with one attached hydrogen (secondary N) is 1. The first-order chi connectivity index (χ1) is 17.6. The van der Waals surface area contributed by atoms with Gasteiger partial charge in [-0.3, -0.25) is 9.59 Å². The average molecular weight is 509 g/mol. The van der Waals surface area contributed by atoms with Crippen LogP contribution in [0, 0.1) is 5.82 Å². The smallest absolute Gasteiger partial charge is 0.305 e. The molecular weight excluding hydrogens is 475 g/mol. The van der Waals surface area contributed by atoms with Gasteiger partial charge in [-0.25, -0.2) is 4.39 Å². The van der Waals surface area contributed by atoms with Gasteiger partial charge >= 0.3 is 5.97 Å². The van der Waals surface area contributed by atoms with E-state index in [2.05, 4.69) is 5.32 Å². The predicted molar refractivity (Wildman–Crippen MR) is 142 cm³/mol. The van der Waals surface area contributed by atoms with Crippen molar-refractivity contribution in [2.24, 2.45) is 0 Å². The van der Waals surface area contributed by atoms with E-state index in [9.17, 15) is 24.2 Å². The van der Waals surface area contributed by atoms with E-state index in [0.29, 0.717) is 34.6 Å². The van der Waals surface area contributed by atoms with Gasteiger partial charge in [0.05, 0.1) is 18.6 Å². The zero-order valence-corrected chi connectivity index (χ0v) is 21.2. The molecule has 0 saturated carbocycles. The Bertz CT molecular complexity index is 1250. The summed E-state index contributed by atoms with van der Waals surface area (Å²) in [4.78, 5) is 24.3. The monoisotopic (exact) mass is 508 g/mol. The van der Waals surface area contributed by atoms with Gasteiger partial charge < -0.3 is 25.2 Å². The summed E-state index contributed by atoms with van der Waals surface area (Å²) in [6.07, 6.45) is 0.170. The number of carboxylic acids is 1. The van der Waals surface area contributed by atoms with Gasteiger partial charge in [0.2, 0.25) is 0 Å². The number of benzene rings is 2. The molecule has 2 atom stereocenters. The van der Waals surface area contributed by atoms with Crippen LogP contribution in [-0.2, 0) is 4.79 Å². The molecule has 0 bridgehead atoms. The Kier molecular flexibility index (Phi) is 9.38. The van der Waals surface area contributed by atoms with E-state index in [-0.39, 0.29) is 18.4 Å². The lowest BCUT2D eigenvalue weighted by atomic mass is 9.94. The molecule has 8 heteroatoms. The Morgan fingerprint density at radius 1 is 1.00 bits per heavy atom. The molecule has 0 aliphatic rings. The molecule has 3 aromatic rings. The van der Waals surface area contributed by atoms with Crippen LogP contribution in [0.1, 0.15) is 55.8 Å². The fourth-order valence-electron chi connectivity index (χ4n) is 4.41. The normalized spacial score (nSPS) is 13.2. The molecule has 7 nitrogen and oxygen atoms in total. The van der Waals surface area contributed by atoms with Crippen LogP contribution in [0.2, 0.25) is 0 Å². The number of nitrogens with zero attached hydrogens (tertiary/aromatic N) is 1. The van der Waals surface area contributed by atoms with Gasteiger partial charge in [0.15, 0.2) is 0 Å². The van der Waals surface area contributed by atoms with E-state index in [0.717, 1.165) is 5.56 Å². The van der Waals surface area contributed by atoms with Gasteiger partial charge in [0.25, 0.3) is 5.91 Å². The molecule has 1 aromatic heterocycles. The average Bonchev–Trinajstić information content (AvgIpc) is 3.19. The number of amides is 1. The van der Waals surface area contributed by atoms with Crippen molar-refractivity contribution in [1.29, 1.82) is 0 Å². The summed E-state index contributed by atoms with van der Waals surface area (Å²) in [6, 6.07) is 15.3. The minimum atomic E-state index is -1.21. The highest BCUT2D eigenvalue weighted by Gasteiger charge is 2.29. The fourth-order valence-corrected chi connectivity index (χ4v) is 4.41. The third kappa shape index (κ3) is 6.72. The highest BCUT2D eigenvalue weighted by atomic mass is 19.1. The summed E-state index contributed by atoms with van der Waals surface area (Å²) in [7, 11) is 0. The third-order valence-corrected chi connectivity index (χ3v) is 5.91. The van der Waals surface area contributed by atoms with Crippen molar-refractivity contribution in [3.63, 3.8) is 0 Å². The lowest BCUT2D eigenvalue weighted by Gasteiger charge is -2.17. The lowest BCUT2D eigenvalue weighted by molar-refractivity contribution is -0.139. The zero-order chi connectivity index (χ0) is 27.1. The van der Waals surface area contributed by atoms with Crippen LogP contribution in [0.25, 0.3) is 28.3 Å². The van der Waals surface area contributed by atoms with Crippen LogP contribution < -0.4 is 5.32 Å². The number of aromatic nitrogens is 1. The predicted octanol–water partition coefficient (Wildman–Crippen LogP) is 4.89. The number of aliphatic hydroxyl groups is 2. The van der Waals surface area contributed by atoms with Gasteiger partial charge in [-0.15, -0.1) is 0 Å². The third-order valence-electron chi connectivity index (χ3n) is 5.91. The summed E-state index contributed by atoms with van der Waals surface area (Å²) in [5.74, 6) is -1.82. The van der Waals surface area contributed by atoms with Crippen molar-refractivity contribution in [3.8, 4) is 22.3 Å². The topological polar surface area (TPSA) is 112 Å². The largest absolute Gasteiger partial charge is 0.481 e. The van der Waals surface area contributed by atoms with Gasteiger partial charge in [-0.1, -0.05) is 48.5 Å². The molecule has 0 aliphatic carbocycles. The van der Waals surface area contributed by atoms with E-state index in [1.807, 2.05) is 55.7 Å². The van der Waals surface area contributed by atoms with Crippen LogP contribution in [0.5, 0.6) is 0 Å². The van der Waals surface area contributed by atoms with Crippen molar-refractivity contribution in [2.75, 3.05) is 6.54 Å². The maximum atomic E-state index is 13.9. The minimum absolute atomic E-state index is 0.161. The van der Waals surface area contributed by atoms with Crippen LogP contribution in [0.3, 0.4) is 0 Å². The number of carbonyl (C=O) groups excluding carboxylic acids is 1.